The van der Waals surface area contributed by atoms with E-state index >= 15 is 0 Å². The molecule has 1 aliphatic heterocycles. The average Bonchev–Trinajstić information content (AvgIpc) is 2.49. The van der Waals surface area contributed by atoms with Crippen molar-refractivity contribution in [1.29, 1.82) is 0 Å². The van der Waals surface area contributed by atoms with Crippen molar-refractivity contribution in [2.45, 2.75) is 46.7 Å². The minimum Gasteiger partial charge on any atom is -0.338 e. The molecule has 1 saturated heterocycles. The highest BCUT2D eigenvalue weighted by atomic mass is 15.3. The Morgan fingerprint density at radius 2 is 2.14 bits per heavy atom. The van der Waals surface area contributed by atoms with Gasteiger partial charge in [0.25, 0.3) is 0 Å². The number of likely N-dealkylation sites (N-methyl/N-ethyl adjacent to an activating group) is 1. The predicted octanol–water partition coefficient (Wildman–Crippen LogP) is 1.82. The molecular weight excluding hydrogens is 262 g/mol. The van der Waals surface area contributed by atoms with Crippen molar-refractivity contribution < 1.29 is 0 Å². The fourth-order valence-electron chi connectivity index (χ4n) is 2.85. The molecule has 0 radical (unpaired) electrons. The number of rotatable bonds is 6. The Labute approximate surface area is 128 Å². The molecule has 2 heterocycles. The first kappa shape index (κ1) is 16.2. The molecule has 0 aromatic carbocycles. The van der Waals surface area contributed by atoms with E-state index in [0.29, 0.717) is 6.04 Å². The summed E-state index contributed by atoms with van der Waals surface area (Å²) in [5.41, 5.74) is 2.29. The number of nitrogens with one attached hydrogen (secondary N) is 1. The highest BCUT2D eigenvalue weighted by Crippen LogP contribution is 2.16. The summed E-state index contributed by atoms with van der Waals surface area (Å²) in [5, 5.41) is 3.41. The van der Waals surface area contributed by atoms with Crippen LogP contribution in [0.15, 0.2) is 6.20 Å². The molecule has 1 N–H and O–H groups in total. The van der Waals surface area contributed by atoms with Crippen molar-refractivity contribution in [2.75, 3.05) is 37.6 Å². The van der Waals surface area contributed by atoms with Gasteiger partial charge in [0.1, 0.15) is 0 Å². The molecule has 5 nitrogen and oxygen atoms in total. The summed E-state index contributed by atoms with van der Waals surface area (Å²) in [4.78, 5) is 14.1. The Hall–Kier alpha value is -1.20. The molecular formula is C16H29N5. The first-order valence-electron chi connectivity index (χ1n) is 8.17. The minimum absolute atomic E-state index is 0.568. The van der Waals surface area contributed by atoms with Crippen molar-refractivity contribution in [2.24, 2.45) is 0 Å². The van der Waals surface area contributed by atoms with Gasteiger partial charge in [0.2, 0.25) is 5.95 Å². The molecule has 118 valence electrons. The Balaban J connectivity index is 2.00. The number of aromatic nitrogens is 2. The molecule has 0 saturated carbocycles. The number of piperazine rings is 1. The second-order valence-corrected chi connectivity index (χ2v) is 5.88. The zero-order valence-electron chi connectivity index (χ0n) is 13.9. The Kier molecular flexibility index (Phi) is 5.94. The van der Waals surface area contributed by atoms with E-state index in [1.807, 2.05) is 6.20 Å². The molecule has 1 aliphatic rings. The number of hydrogen-bond donors (Lipinski definition) is 1. The monoisotopic (exact) mass is 291 g/mol. The van der Waals surface area contributed by atoms with Gasteiger partial charge in [-0.05, 0) is 33.4 Å². The van der Waals surface area contributed by atoms with Gasteiger partial charge in [0, 0.05) is 49.7 Å². The van der Waals surface area contributed by atoms with Crippen LogP contribution in [-0.4, -0.2) is 53.6 Å². The number of anilines is 1. The van der Waals surface area contributed by atoms with Crippen molar-refractivity contribution in [3.05, 3.63) is 17.5 Å². The minimum atomic E-state index is 0.568. The molecule has 0 spiro atoms. The molecule has 0 amide bonds. The molecule has 1 atom stereocenters. The van der Waals surface area contributed by atoms with Crippen LogP contribution in [0.1, 0.15) is 38.4 Å². The Morgan fingerprint density at radius 1 is 1.33 bits per heavy atom. The normalized spacial score (nSPS) is 20.0. The standard InChI is InChI=1S/C16H29N5/c1-5-7-17-10-15-11-18-16(19-14(15)4)21-9-8-20(6-2)13(3)12-21/h11,13,17H,5-10,12H2,1-4H3. The van der Waals surface area contributed by atoms with Crippen LogP contribution in [0, 0.1) is 6.92 Å². The lowest BCUT2D eigenvalue weighted by molar-refractivity contribution is 0.198. The van der Waals surface area contributed by atoms with E-state index in [2.05, 4.69) is 47.8 Å². The van der Waals surface area contributed by atoms with Gasteiger partial charge >= 0.3 is 0 Å². The third-order valence-electron chi connectivity index (χ3n) is 4.26. The Morgan fingerprint density at radius 3 is 2.76 bits per heavy atom. The molecule has 0 aliphatic carbocycles. The summed E-state index contributed by atoms with van der Waals surface area (Å²) in [6.07, 6.45) is 3.13. The molecule has 21 heavy (non-hydrogen) atoms. The second kappa shape index (κ2) is 7.71. The van der Waals surface area contributed by atoms with Crippen LogP contribution in [0.25, 0.3) is 0 Å². The maximum atomic E-state index is 4.72. The molecule has 1 aromatic rings. The van der Waals surface area contributed by atoms with Gasteiger partial charge in [-0.3, -0.25) is 4.90 Å². The van der Waals surface area contributed by atoms with Gasteiger partial charge in [-0.15, -0.1) is 0 Å². The van der Waals surface area contributed by atoms with Crippen molar-refractivity contribution in [1.82, 2.24) is 20.2 Å². The lowest BCUT2D eigenvalue weighted by atomic mass is 10.2. The first-order chi connectivity index (χ1) is 10.2. The molecule has 1 unspecified atom stereocenters. The second-order valence-electron chi connectivity index (χ2n) is 5.88. The maximum absolute atomic E-state index is 4.72. The summed E-state index contributed by atoms with van der Waals surface area (Å²) in [6.45, 7) is 14.9. The highest BCUT2D eigenvalue weighted by Gasteiger charge is 2.24. The van der Waals surface area contributed by atoms with E-state index in [0.717, 1.165) is 57.3 Å². The summed E-state index contributed by atoms with van der Waals surface area (Å²) in [7, 11) is 0. The van der Waals surface area contributed by atoms with Crippen LogP contribution < -0.4 is 10.2 Å². The SMILES string of the molecule is CCCNCc1cnc(N2CCN(CC)C(C)C2)nc1C. The zero-order chi connectivity index (χ0) is 15.2. The van der Waals surface area contributed by atoms with E-state index in [4.69, 9.17) is 4.98 Å². The van der Waals surface area contributed by atoms with Gasteiger partial charge < -0.3 is 10.2 Å². The Bertz CT molecular complexity index is 448. The smallest absolute Gasteiger partial charge is 0.225 e. The van der Waals surface area contributed by atoms with Crippen molar-refractivity contribution >= 4 is 5.95 Å². The van der Waals surface area contributed by atoms with Crippen LogP contribution in [0.2, 0.25) is 0 Å². The van der Waals surface area contributed by atoms with Gasteiger partial charge in [-0.1, -0.05) is 13.8 Å². The van der Waals surface area contributed by atoms with Gasteiger partial charge in [0.05, 0.1) is 0 Å². The fraction of sp³-hybridized carbons (Fsp3) is 0.750. The summed E-state index contributed by atoms with van der Waals surface area (Å²) >= 11 is 0. The number of aryl methyl sites for hydroxylation is 1. The van der Waals surface area contributed by atoms with Crippen LogP contribution in [-0.2, 0) is 6.54 Å². The van der Waals surface area contributed by atoms with Crippen LogP contribution >= 0.6 is 0 Å². The third kappa shape index (κ3) is 4.14. The van der Waals surface area contributed by atoms with Gasteiger partial charge in [-0.2, -0.15) is 0 Å². The molecule has 0 bridgehead atoms. The van der Waals surface area contributed by atoms with Gasteiger partial charge in [-0.25, -0.2) is 9.97 Å². The zero-order valence-corrected chi connectivity index (χ0v) is 13.9. The summed E-state index contributed by atoms with van der Waals surface area (Å²) in [5.74, 6) is 0.884. The van der Waals surface area contributed by atoms with Crippen LogP contribution in [0.5, 0.6) is 0 Å². The van der Waals surface area contributed by atoms with Gasteiger partial charge in [0.15, 0.2) is 0 Å². The number of nitrogens with zero attached hydrogens (tertiary/aromatic N) is 4. The topological polar surface area (TPSA) is 44.3 Å². The van der Waals surface area contributed by atoms with E-state index in [9.17, 15) is 0 Å². The fourth-order valence-corrected chi connectivity index (χ4v) is 2.85. The van der Waals surface area contributed by atoms with E-state index in [-0.39, 0.29) is 0 Å². The number of hydrogen-bond acceptors (Lipinski definition) is 5. The molecule has 1 fully saturated rings. The van der Waals surface area contributed by atoms with E-state index in [1.54, 1.807) is 0 Å². The highest BCUT2D eigenvalue weighted by molar-refractivity contribution is 5.34. The van der Waals surface area contributed by atoms with Crippen molar-refractivity contribution in [3.8, 4) is 0 Å². The summed E-state index contributed by atoms with van der Waals surface area (Å²) < 4.78 is 0. The largest absolute Gasteiger partial charge is 0.338 e. The average molecular weight is 291 g/mol. The predicted molar refractivity (Wildman–Crippen MR) is 87.7 cm³/mol. The third-order valence-corrected chi connectivity index (χ3v) is 4.26. The first-order valence-corrected chi connectivity index (χ1v) is 8.17. The van der Waals surface area contributed by atoms with Crippen LogP contribution in [0.3, 0.4) is 0 Å². The van der Waals surface area contributed by atoms with E-state index in [1.165, 1.54) is 5.56 Å². The lowest BCUT2D eigenvalue weighted by Gasteiger charge is -2.39. The molecule has 1 aromatic heterocycles. The molecule has 5 heteroatoms. The lowest BCUT2D eigenvalue weighted by Crippen LogP contribution is -2.52. The van der Waals surface area contributed by atoms with Crippen molar-refractivity contribution in [3.63, 3.8) is 0 Å². The van der Waals surface area contributed by atoms with Crippen LogP contribution in [0.4, 0.5) is 5.95 Å². The van der Waals surface area contributed by atoms with E-state index < -0.39 is 0 Å². The molecule has 2 rings (SSSR count). The summed E-state index contributed by atoms with van der Waals surface area (Å²) in [6, 6.07) is 0.568. The quantitative estimate of drug-likeness (QED) is 0.810. The maximum Gasteiger partial charge on any atom is 0.225 e.